The molecule has 0 unspecified atom stereocenters. The van der Waals surface area contributed by atoms with E-state index in [-0.39, 0.29) is 31.3 Å². The van der Waals surface area contributed by atoms with Crippen molar-refractivity contribution in [3.63, 3.8) is 0 Å². The molecule has 1 aromatic heterocycles. The molecule has 1 atom stereocenters. The van der Waals surface area contributed by atoms with E-state index in [1.165, 1.54) is 23.3 Å². The van der Waals surface area contributed by atoms with E-state index in [0.717, 1.165) is 0 Å². The molecule has 9 nitrogen and oxygen atoms in total. The number of carbonyl (C=O) groups is 3. The van der Waals surface area contributed by atoms with Crippen LogP contribution < -0.4 is 34.6 Å². The third-order valence-corrected chi connectivity index (χ3v) is 3.91. The fraction of sp³-hybridized carbons (Fsp3) is 0.625. The first kappa shape index (κ1) is 25.2. The maximum absolute atomic E-state index is 12.1. The molecule has 0 aliphatic heterocycles. The first-order valence-corrected chi connectivity index (χ1v) is 8.94. The van der Waals surface area contributed by atoms with E-state index < -0.39 is 29.7 Å². The quantitative estimate of drug-likeness (QED) is 0.563. The number of thiazole rings is 1. The van der Waals surface area contributed by atoms with Gasteiger partial charge >= 0.3 is 31.0 Å². The predicted octanol–water partition coefficient (Wildman–Crippen LogP) is -1.59. The second-order valence-electron chi connectivity index (χ2n) is 7.12. The minimum Gasteiger partial charge on any atom is -0.548 e. The van der Waals surface area contributed by atoms with Crippen molar-refractivity contribution in [1.82, 2.24) is 15.2 Å². The van der Waals surface area contributed by atoms with Gasteiger partial charge in [-0.1, -0.05) is 13.8 Å². The summed E-state index contributed by atoms with van der Waals surface area (Å²) >= 11 is 1.20. The maximum atomic E-state index is 12.1. The van der Waals surface area contributed by atoms with Crippen LogP contribution >= 0.6 is 11.3 Å². The summed E-state index contributed by atoms with van der Waals surface area (Å²) in [5.74, 6) is -1.64. The molecule has 0 spiro atoms. The number of rotatable bonds is 6. The molecule has 1 rings (SSSR count). The molecular formula is C16H25LiN4O5S. The molecule has 3 amide bonds. The van der Waals surface area contributed by atoms with Crippen LogP contribution in [0.25, 0.3) is 0 Å². The van der Waals surface area contributed by atoms with Crippen molar-refractivity contribution in [2.24, 2.45) is 5.92 Å². The van der Waals surface area contributed by atoms with Gasteiger partial charge in [0.05, 0.1) is 24.2 Å². The number of carbonyl (C=O) groups excluding carboxylic acids is 3. The Morgan fingerprint density at radius 2 is 1.93 bits per heavy atom. The number of carboxylic acid groups (broad SMARTS) is 1. The third-order valence-electron chi connectivity index (χ3n) is 3.11. The summed E-state index contributed by atoms with van der Waals surface area (Å²) in [4.78, 5) is 40.4. The molecule has 27 heavy (non-hydrogen) atoms. The second-order valence-corrected chi connectivity index (χ2v) is 7.98. The van der Waals surface area contributed by atoms with E-state index in [1.54, 1.807) is 40.0 Å². The smallest absolute Gasteiger partial charge is 0.548 e. The molecule has 2 N–H and O–H groups in total. The summed E-state index contributed by atoms with van der Waals surface area (Å²) in [6, 6.07) is -1.63. The fourth-order valence-corrected chi connectivity index (χ4v) is 2.57. The van der Waals surface area contributed by atoms with Crippen molar-refractivity contribution < 1.29 is 43.1 Å². The number of amides is 3. The number of carboxylic acids is 1. The van der Waals surface area contributed by atoms with Gasteiger partial charge in [-0.05, 0) is 26.7 Å². The monoisotopic (exact) mass is 392 g/mol. The average Bonchev–Trinajstić information content (AvgIpc) is 2.88. The molecule has 0 saturated heterocycles. The van der Waals surface area contributed by atoms with Gasteiger partial charge in [0.2, 0.25) is 0 Å². The topological polar surface area (TPSA) is 124 Å². The van der Waals surface area contributed by atoms with Crippen LogP contribution in [-0.2, 0) is 16.1 Å². The molecule has 11 heteroatoms. The molecule has 1 heterocycles. The Bertz CT molecular complexity index is 659. The zero-order valence-electron chi connectivity index (χ0n) is 16.8. The van der Waals surface area contributed by atoms with Crippen LogP contribution in [0.15, 0.2) is 5.38 Å². The molecule has 1 aromatic rings. The number of aromatic nitrogens is 1. The van der Waals surface area contributed by atoms with E-state index in [1.807, 2.05) is 0 Å². The van der Waals surface area contributed by atoms with Gasteiger partial charge in [0.25, 0.3) is 0 Å². The number of urea groups is 1. The Labute approximate surface area is 175 Å². The Morgan fingerprint density at radius 1 is 1.33 bits per heavy atom. The van der Waals surface area contributed by atoms with E-state index >= 15 is 0 Å². The molecule has 0 saturated carbocycles. The van der Waals surface area contributed by atoms with Crippen LogP contribution in [0, 0.1) is 5.92 Å². The van der Waals surface area contributed by atoms with Crippen molar-refractivity contribution in [1.29, 1.82) is 0 Å². The van der Waals surface area contributed by atoms with E-state index in [2.05, 4.69) is 15.6 Å². The predicted molar refractivity (Wildman–Crippen MR) is 95.6 cm³/mol. The number of ether oxygens (including phenoxy) is 1. The summed E-state index contributed by atoms with van der Waals surface area (Å²) in [6.45, 7) is 8.77. The number of nitrogens with zero attached hydrogens (tertiary/aromatic N) is 2. The Kier molecular flexibility index (Phi) is 9.85. The van der Waals surface area contributed by atoms with E-state index in [0.29, 0.717) is 10.8 Å². The number of aliphatic carboxylic acids is 1. The van der Waals surface area contributed by atoms with Gasteiger partial charge in [0.15, 0.2) is 5.13 Å². The fourth-order valence-electron chi connectivity index (χ4n) is 1.88. The molecule has 0 aromatic carbocycles. The first-order chi connectivity index (χ1) is 11.9. The molecule has 0 radical (unpaired) electrons. The van der Waals surface area contributed by atoms with Crippen molar-refractivity contribution in [3.8, 4) is 0 Å². The van der Waals surface area contributed by atoms with Crippen molar-refractivity contribution >= 4 is 34.6 Å². The molecular weight excluding hydrogens is 367 g/mol. The van der Waals surface area contributed by atoms with Crippen LogP contribution in [0.4, 0.5) is 14.7 Å². The summed E-state index contributed by atoms with van der Waals surface area (Å²) in [5, 5.41) is 18.0. The van der Waals surface area contributed by atoms with Crippen molar-refractivity contribution in [2.75, 3.05) is 12.4 Å². The number of hydrogen-bond donors (Lipinski definition) is 2. The average molecular weight is 392 g/mol. The molecule has 0 aliphatic carbocycles. The Hall–Kier alpha value is -1.76. The van der Waals surface area contributed by atoms with Crippen LogP contribution in [-0.4, -0.2) is 46.7 Å². The van der Waals surface area contributed by atoms with E-state index in [9.17, 15) is 19.5 Å². The van der Waals surface area contributed by atoms with Crippen LogP contribution in [0.3, 0.4) is 0 Å². The maximum Gasteiger partial charge on any atom is 1.00 e. The summed E-state index contributed by atoms with van der Waals surface area (Å²) < 4.78 is 5.14. The zero-order chi connectivity index (χ0) is 20.1. The van der Waals surface area contributed by atoms with Gasteiger partial charge in [0.1, 0.15) is 5.60 Å². The minimum absolute atomic E-state index is 0. The van der Waals surface area contributed by atoms with E-state index in [4.69, 9.17) is 4.74 Å². The number of anilines is 1. The third kappa shape index (κ3) is 9.13. The SMILES string of the molecule is CC(C)[C@H](NC(=O)N(C)Cc1csc(NC(=O)OC(C)(C)C)n1)C(=O)[O-].[Li+]. The molecule has 0 aliphatic rings. The molecule has 0 bridgehead atoms. The summed E-state index contributed by atoms with van der Waals surface area (Å²) in [7, 11) is 1.52. The summed E-state index contributed by atoms with van der Waals surface area (Å²) in [5.41, 5.74) is -0.0673. The van der Waals surface area contributed by atoms with Crippen molar-refractivity contribution in [2.45, 2.75) is 52.8 Å². The molecule has 146 valence electrons. The minimum atomic E-state index is -1.33. The largest absolute Gasteiger partial charge is 1.00 e. The normalized spacial score (nSPS) is 12.0. The van der Waals surface area contributed by atoms with Crippen LogP contribution in [0.1, 0.15) is 40.3 Å². The van der Waals surface area contributed by atoms with Gasteiger partial charge in [-0.25, -0.2) is 14.6 Å². The Balaban J connectivity index is 0.00000676. The van der Waals surface area contributed by atoms with Gasteiger partial charge in [-0.3, -0.25) is 5.32 Å². The van der Waals surface area contributed by atoms with Gasteiger partial charge in [0, 0.05) is 12.4 Å². The first-order valence-electron chi connectivity index (χ1n) is 8.06. The molecule has 0 fully saturated rings. The summed E-state index contributed by atoms with van der Waals surface area (Å²) in [6.07, 6.45) is -0.613. The van der Waals surface area contributed by atoms with Crippen LogP contribution in [0.2, 0.25) is 0 Å². The number of nitrogens with one attached hydrogen (secondary N) is 2. The van der Waals surface area contributed by atoms with Gasteiger partial charge in [-0.2, -0.15) is 0 Å². The Morgan fingerprint density at radius 3 is 2.41 bits per heavy atom. The standard InChI is InChI=1S/C16H26N4O5S.Li/c1-9(2)11(12(21)22)18-14(23)20(6)7-10-8-26-13(17-10)19-15(24)25-16(3,4)5;/h8-9,11H,7H2,1-6H3,(H,18,23)(H,21,22)(H,17,19,24);/q;+1/p-1/t11-;/m0./s1. The number of hydrogen-bond acceptors (Lipinski definition) is 7. The van der Waals surface area contributed by atoms with Crippen LogP contribution in [0.5, 0.6) is 0 Å². The van der Waals surface area contributed by atoms with Crippen molar-refractivity contribution in [3.05, 3.63) is 11.1 Å². The zero-order valence-corrected chi connectivity index (χ0v) is 17.6. The van der Waals surface area contributed by atoms with Gasteiger partial charge < -0.3 is 24.9 Å². The van der Waals surface area contributed by atoms with Gasteiger partial charge in [-0.15, -0.1) is 11.3 Å². The second kappa shape index (κ2) is 10.5.